The Bertz CT molecular complexity index is 605. The summed E-state index contributed by atoms with van der Waals surface area (Å²) < 4.78 is 5.74. The number of hydrogen-bond acceptors (Lipinski definition) is 2. The molecular formula is C16H14O3. The van der Waals surface area contributed by atoms with Crippen molar-refractivity contribution in [1.29, 1.82) is 0 Å². The molecule has 1 atom stereocenters. The van der Waals surface area contributed by atoms with Gasteiger partial charge in [-0.3, -0.25) is 4.79 Å². The number of aryl methyl sites for hydroxylation is 1. The summed E-state index contributed by atoms with van der Waals surface area (Å²) in [4.78, 5) is 11.2. The quantitative estimate of drug-likeness (QED) is 0.910. The molecule has 0 aliphatic heterocycles. The van der Waals surface area contributed by atoms with Crippen LogP contribution in [0.1, 0.15) is 23.5 Å². The maximum absolute atomic E-state index is 11.2. The Morgan fingerprint density at radius 2 is 1.89 bits per heavy atom. The van der Waals surface area contributed by atoms with E-state index in [-0.39, 0.29) is 0 Å². The molecule has 0 bridgehead atoms. The van der Waals surface area contributed by atoms with Crippen molar-refractivity contribution < 1.29 is 14.6 Å². The molecule has 0 saturated carbocycles. The molecule has 1 aliphatic rings. The molecule has 3 heteroatoms. The van der Waals surface area contributed by atoms with Crippen molar-refractivity contribution in [3.63, 3.8) is 0 Å². The van der Waals surface area contributed by atoms with E-state index in [0.717, 1.165) is 23.3 Å². The van der Waals surface area contributed by atoms with Crippen molar-refractivity contribution in [2.24, 2.45) is 0 Å². The van der Waals surface area contributed by atoms with E-state index in [0.29, 0.717) is 12.2 Å². The lowest BCUT2D eigenvalue weighted by molar-refractivity contribution is -0.138. The van der Waals surface area contributed by atoms with Gasteiger partial charge in [0, 0.05) is 0 Å². The SMILES string of the molecule is O=C(O)C1CCc2ccc(Oc3ccccc3)cc21. The van der Waals surface area contributed by atoms with Gasteiger partial charge in [-0.15, -0.1) is 0 Å². The second-order valence-electron chi connectivity index (χ2n) is 4.71. The van der Waals surface area contributed by atoms with Crippen LogP contribution in [0.4, 0.5) is 0 Å². The maximum atomic E-state index is 11.2. The van der Waals surface area contributed by atoms with Crippen molar-refractivity contribution in [3.8, 4) is 11.5 Å². The van der Waals surface area contributed by atoms with Crippen LogP contribution in [-0.4, -0.2) is 11.1 Å². The summed E-state index contributed by atoms with van der Waals surface area (Å²) in [6.07, 6.45) is 1.51. The van der Waals surface area contributed by atoms with Crippen molar-refractivity contribution >= 4 is 5.97 Å². The van der Waals surface area contributed by atoms with Crippen LogP contribution < -0.4 is 4.74 Å². The molecule has 0 saturated heterocycles. The molecule has 0 aromatic heterocycles. The van der Waals surface area contributed by atoms with Crippen molar-refractivity contribution in [2.75, 3.05) is 0 Å². The van der Waals surface area contributed by atoms with Gasteiger partial charge in [-0.05, 0) is 48.2 Å². The van der Waals surface area contributed by atoms with E-state index < -0.39 is 11.9 Å². The largest absolute Gasteiger partial charge is 0.481 e. The van der Waals surface area contributed by atoms with Crippen LogP contribution in [0, 0.1) is 0 Å². The minimum Gasteiger partial charge on any atom is -0.481 e. The Labute approximate surface area is 111 Å². The van der Waals surface area contributed by atoms with E-state index in [4.69, 9.17) is 4.74 Å². The van der Waals surface area contributed by atoms with Gasteiger partial charge in [-0.2, -0.15) is 0 Å². The first-order chi connectivity index (χ1) is 9.24. The monoisotopic (exact) mass is 254 g/mol. The van der Waals surface area contributed by atoms with E-state index in [1.54, 1.807) is 0 Å². The number of rotatable bonds is 3. The first kappa shape index (κ1) is 11.8. The minimum atomic E-state index is -0.754. The topological polar surface area (TPSA) is 46.5 Å². The molecule has 3 nitrogen and oxygen atoms in total. The number of carbonyl (C=O) groups is 1. The van der Waals surface area contributed by atoms with Gasteiger partial charge in [0.25, 0.3) is 0 Å². The molecule has 0 fully saturated rings. The number of aliphatic carboxylic acids is 1. The third kappa shape index (κ3) is 2.32. The smallest absolute Gasteiger partial charge is 0.310 e. The van der Waals surface area contributed by atoms with Crippen LogP contribution in [0.2, 0.25) is 0 Å². The predicted octanol–water partition coefficient (Wildman–Crippen LogP) is 3.59. The molecule has 0 heterocycles. The molecule has 0 radical (unpaired) electrons. The average molecular weight is 254 g/mol. The Balaban J connectivity index is 1.89. The van der Waals surface area contributed by atoms with Gasteiger partial charge < -0.3 is 9.84 Å². The summed E-state index contributed by atoms with van der Waals surface area (Å²) in [6.45, 7) is 0. The van der Waals surface area contributed by atoms with Gasteiger partial charge in [0.2, 0.25) is 0 Å². The number of carboxylic acids is 1. The second-order valence-corrected chi connectivity index (χ2v) is 4.71. The summed E-state index contributed by atoms with van der Waals surface area (Å²) in [5, 5.41) is 9.20. The Morgan fingerprint density at radius 1 is 1.11 bits per heavy atom. The van der Waals surface area contributed by atoms with Gasteiger partial charge in [0.15, 0.2) is 0 Å². The fourth-order valence-corrected chi connectivity index (χ4v) is 2.53. The minimum absolute atomic E-state index is 0.394. The van der Waals surface area contributed by atoms with Crippen molar-refractivity contribution in [2.45, 2.75) is 18.8 Å². The number of carboxylic acid groups (broad SMARTS) is 1. The Morgan fingerprint density at radius 3 is 2.63 bits per heavy atom. The van der Waals surface area contributed by atoms with Gasteiger partial charge in [-0.1, -0.05) is 24.3 Å². The highest BCUT2D eigenvalue weighted by molar-refractivity contribution is 5.78. The van der Waals surface area contributed by atoms with Crippen molar-refractivity contribution in [3.05, 3.63) is 59.7 Å². The van der Waals surface area contributed by atoms with E-state index in [2.05, 4.69) is 0 Å². The third-order valence-corrected chi connectivity index (χ3v) is 3.47. The lowest BCUT2D eigenvalue weighted by Crippen LogP contribution is -2.07. The summed E-state index contributed by atoms with van der Waals surface area (Å²) in [5.74, 6) is 0.301. The maximum Gasteiger partial charge on any atom is 0.310 e. The van der Waals surface area contributed by atoms with Gasteiger partial charge in [-0.25, -0.2) is 0 Å². The number of para-hydroxylation sites is 1. The zero-order valence-corrected chi connectivity index (χ0v) is 10.4. The summed E-state index contributed by atoms with van der Waals surface area (Å²) in [6, 6.07) is 15.2. The number of ether oxygens (including phenoxy) is 1. The highest BCUT2D eigenvalue weighted by Gasteiger charge is 2.28. The van der Waals surface area contributed by atoms with Crippen LogP contribution >= 0.6 is 0 Å². The first-order valence-corrected chi connectivity index (χ1v) is 6.32. The summed E-state index contributed by atoms with van der Waals surface area (Å²) in [5.41, 5.74) is 2.01. The summed E-state index contributed by atoms with van der Waals surface area (Å²) in [7, 11) is 0. The van der Waals surface area contributed by atoms with Gasteiger partial charge in [0.1, 0.15) is 11.5 Å². The van der Waals surface area contributed by atoms with E-state index in [1.807, 2.05) is 48.5 Å². The Hall–Kier alpha value is -2.29. The van der Waals surface area contributed by atoms with Gasteiger partial charge in [0.05, 0.1) is 5.92 Å². The highest BCUT2D eigenvalue weighted by atomic mass is 16.5. The standard InChI is InChI=1S/C16H14O3/c17-16(18)14-9-7-11-6-8-13(10-15(11)14)19-12-4-2-1-3-5-12/h1-6,8,10,14H,7,9H2,(H,17,18). The normalized spacial score (nSPS) is 16.9. The molecule has 19 heavy (non-hydrogen) atoms. The van der Waals surface area contributed by atoms with Crippen LogP contribution in [0.5, 0.6) is 11.5 Å². The average Bonchev–Trinajstić information content (AvgIpc) is 2.83. The molecular weight excluding hydrogens is 240 g/mol. The molecule has 1 N–H and O–H groups in total. The predicted molar refractivity (Wildman–Crippen MR) is 71.7 cm³/mol. The number of fused-ring (bicyclic) bond motifs is 1. The zero-order chi connectivity index (χ0) is 13.2. The highest BCUT2D eigenvalue weighted by Crippen LogP contribution is 2.36. The molecule has 1 unspecified atom stereocenters. The first-order valence-electron chi connectivity index (χ1n) is 6.32. The molecule has 1 aliphatic carbocycles. The zero-order valence-electron chi connectivity index (χ0n) is 10.4. The van der Waals surface area contributed by atoms with Crippen LogP contribution in [0.3, 0.4) is 0 Å². The van der Waals surface area contributed by atoms with Crippen LogP contribution in [-0.2, 0) is 11.2 Å². The third-order valence-electron chi connectivity index (χ3n) is 3.47. The lowest BCUT2D eigenvalue weighted by atomic mass is 10.0. The fraction of sp³-hybridized carbons (Fsp3) is 0.188. The van der Waals surface area contributed by atoms with Crippen molar-refractivity contribution in [1.82, 2.24) is 0 Å². The number of benzene rings is 2. The van der Waals surface area contributed by atoms with E-state index in [9.17, 15) is 9.90 Å². The second kappa shape index (κ2) is 4.76. The summed E-state index contributed by atoms with van der Waals surface area (Å²) >= 11 is 0. The molecule has 0 spiro atoms. The van der Waals surface area contributed by atoms with Gasteiger partial charge >= 0.3 is 5.97 Å². The van der Waals surface area contributed by atoms with E-state index in [1.165, 1.54) is 0 Å². The lowest BCUT2D eigenvalue weighted by Gasteiger charge is -2.10. The molecule has 3 rings (SSSR count). The number of hydrogen-bond donors (Lipinski definition) is 1. The molecule has 0 amide bonds. The molecule has 2 aromatic carbocycles. The van der Waals surface area contributed by atoms with Crippen LogP contribution in [0.15, 0.2) is 48.5 Å². The fourth-order valence-electron chi connectivity index (χ4n) is 2.53. The molecule has 96 valence electrons. The Kier molecular flexibility index (Phi) is 2.95. The van der Waals surface area contributed by atoms with E-state index >= 15 is 0 Å². The van der Waals surface area contributed by atoms with Crippen LogP contribution in [0.25, 0.3) is 0 Å². The molecule has 2 aromatic rings.